The molecule has 2 N–H and O–H groups in total. The number of hydrogen-bond acceptors (Lipinski definition) is 7. The molecule has 0 aliphatic carbocycles. The van der Waals surface area contributed by atoms with E-state index in [2.05, 4.69) is 417 Å². The molecule has 0 unspecified atom stereocenters. The Morgan fingerprint density at radius 2 is 0.370 bits per heavy atom. The van der Waals surface area contributed by atoms with Crippen molar-refractivity contribution in [2.24, 2.45) is 0 Å². The molecule has 14 aromatic rings. The van der Waals surface area contributed by atoms with Crippen LogP contribution >= 0.6 is 15.9 Å². The van der Waals surface area contributed by atoms with Crippen molar-refractivity contribution in [3.8, 4) is 11.5 Å². The zero-order valence-electron chi connectivity index (χ0n) is 62.8. The van der Waals surface area contributed by atoms with Crippen molar-refractivity contribution in [1.82, 2.24) is 0 Å². The molecule has 14 aromatic carbocycles. The maximum atomic E-state index is 5.80. The fraction of sp³-hybridized carbons (Fsp3) is 0.100. The van der Waals surface area contributed by atoms with E-state index in [1.165, 1.54) is 44.5 Å². The van der Waals surface area contributed by atoms with E-state index in [4.69, 9.17) is 15.2 Å². The highest BCUT2D eigenvalue weighted by molar-refractivity contribution is 9.10. The molecule has 0 aliphatic heterocycles. The Labute approximate surface area is 647 Å². The predicted molar refractivity (Wildman–Crippen MR) is 467 cm³/mol. The molecule has 0 saturated carbocycles. The minimum atomic E-state index is 0.625. The molecule has 0 heterocycles. The average Bonchev–Trinajstić information content (AvgIpc) is 0.823. The van der Waals surface area contributed by atoms with Crippen molar-refractivity contribution in [3.63, 3.8) is 0 Å². The molecular weight excluding hydrogens is 1380 g/mol. The Morgan fingerprint density at radius 3 is 0.546 bits per heavy atom. The average molecular weight is 1480 g/mol. The molecule has 0 amide bonds. The van der Waals surface area contributed by atoms with E-state index < -0.39 is 0 Å². The fourth-order valence-electron chi connectivity index (χ4n) is 12.4. The summed E-state index contributed by atoms with van der Waals surface area (Å²) in [7, 11) is 0. The van der Waals surface area contributed by atoms with Crippen molar-refractivity contribution in [2.75, 3.05) is 38.5 Å². The van der Waals surface area contributed by atoms with E-state index in [1.807, 2.05) is 50.2 Å². The summed E-state index contributed by atoms with van der Waals surface area (Å²) in [6.07, 6.45) is 13.0. The van der Waals surface area contributed by atoms with Crippen LogP contribution in [0.3, 0.4) is 0 Å². The second kappa shape index (κ2) is 36.9. The zero-order valence-corrected chi connectivity index (χ0v) is 64.4. The van der Waals surface area contributed by atoms with Gasteiger partial charge in [0, 0.05) is 78.4 Å². The molecule has 0 spiro atoms. The number of nitrogens with zero attached hydrogens (tertiary/aromatic N) is 4. The third kappa shape index (κ3) is 20.7. The van der Waals surface area contributed by atoms with Crippen LogP contribution in [0.5, 0.6) is 11.5 Å². The molecule has 0 aromatic heterocycles. The molecule has 0 bridgehead atoms. The summed E-state index contributed by atoms with van der Waals surface area (Å²) >= 11 is 3.48. The number of nitrogens with two attached hydrogens (primary N) is 1. The van der Waals surface area contributed by atoms with Crippen molar-refractivity contribution in [1.29, 1.82) is 0 Å². The molecule has 108 heavy (non-hydrogen) atoms. The summed E-state index contributed by atoms with van der Waals surface area (Å²) in [4.78, 5) is 9.19. The largest absolute Gasteiger partial charge is 0.494 e. The Morgan fingerprint density at radius 1 is 0.222 bits per heavy atom. The van der Waals surface area contributed by atoms with Gasteiger partial charge in [-0.15, -0.1) is 0 Å². The minimum Gasteiger partial charge on any atom is -0.494 e. The maximum Gasteiger partial charge on any atom is 0.119 e. The van der Waals surface area contributed by atoms with Crippen LogP contribution in [0, 0.1) is 41.5 Å². The highest BCUT2D eigenvalue weighted by atomic mass is 79.9. The van der Waals surface area contributed by atoms with Crippen LogP contribution in [0.2, 0.25) is 0 Å². The van der Waals surface area contributed by atoms with Crippen molar-refractivity contribution >= 4 is 126 Å². The number of aryl methyl sites for hydroxylation is 6. The Balaban J connectivity index is 0.000000222. The van der Waals surface area contributed by atoms with E-state index in [-0.39, 0.29) is 0 Å². The number of halogens is 1. The van der Waals surface area contributed by atoms with Crippen LogP contribution in [0.1, 0.15) is 80.6 Å². The summed E-state index contributed by atoms with van der Waals surface area (Å²) in [5, 5.41) is 0. The Kier molecular flexibility index (Phi) is 25.6. The zero-order chi connectivity index (χ0) is 75.1. The third-order valence-corrected chi connectivity index (χ3v) is 18.9. The van der Waals surface area contributed by atoms with Crippen molar-refractivity contribution < 1.29 is 9.47 Å². The van der Waals surface area contributed by atoms with E-state index in [0.29, 0.717) is 13.2 Å². The smallest absolute Gasteiger partial charge is 0.119 e. The molecule has 0 aliphatic rings. The molecule has 7 nitrogen and oxygen atoms in total. The van der Waals surface area contributed by atoms with Gasteiger partial charge in [0.1, 0.15) is 11.5 Å². The van der Waals surface area contributed by atoms with Crippen LogP contribution in [0.4, 0.5) is 73.9 Å². The quantitative estimate of drug-likeness (QED) is 0.0536. The van der Waals surface area contributed by atoms with E-state index in [0.717, 1.165) is 112 Å². The summed E-state index contributed by atoms with van der Waals surface area (Å²) in [5.41, 5.74) is 34.0. The normalized spacial score (nSPS) is 11.0. The van der Waals surface area contributed by atoms with Gasteiger partial charge in [0.05, 0.1) is 13.2 Å². The molecule has 0 fully saturated rings. The highest BCUT2D eigenvalue weighted by Gasteiger charge is 2.17. The van der Waals surface area contributed by atoms with E-state index in [9.17, 15) is 0 Å². The maximum absolute atomic E-state index is 5.80. The lowest BCUT2D eigenvalue weighted by atomic mass is 10.1. The first kappa shape index (κ1) is 75.1. The number of ether oxygens (including phenoxy) is 2. The lowest BCUT2D eigenvalue weighted by molar-refractivity contribution is 0.340. The van der Waals surface area contributed by atoms with Gasteiger partial charge >= 0.3 is 0 Å². The molecular formula is C100H92BrN5O2. The van der Waals surface area contributed by atoms with Gasteiger partial charge in [0.15, 0.2) is 0 Å². The number of benzene rings is 14. The topological polar surface area (TPSA) is 57.4 Å². The molecule has 8 heteroatoms. The number of nitrogen functional groups attached to an aromatic ring is 1. The Bertz CT molecular complexity index is 4870. The number of hydrogen-bond donors (Lipinski definition) is 1. The van der Waals surface area contributed by atoms with Gasteiger partial charge in [-0.3, -0.25) is 0 Å². The van der Waals surface area contributed by atoms with Gasteiger partial charge in [-0.1, -0.05) is 231 Å². The summed E-state index contributed by atoms with van der Waals surface area (Å²) in [6, 6.07) is 120. The molecule has 0 atom stereocenters. The second-order valence-corrected chi connectivity index (χ2v) is 27.7. The van der Waals surface area contributed by atoms with E-state index in [1.54, 1.807) is 0 Å². The monoisotopic (exact) mass is 1470 g/mol. The standard InChI is InChI=1S/C64H57N3O.C28H24BrN.C8H11NO/c1-6-68-64-45-43-63(44-46-64)67(61-39-23-53(24-40-61)17-15-51-19-35-59(36-20-51)65(55-27-7-47(2)8-28-55)56-29-9-48(3)10-30-56)62-41-25-54(26-42-62)18-16-52-21-37-60(38-22-52)66(57-31-11-49(4)12-32-57)58-33-13-50(5)14-34-58;1-21-3-15-26(16-4-21)30(27-17-5-22(2)6-18-27)28-19-11-24(12-20-28)8-7-23-9-13-25(29)14-10-23;1-2-10-8-5-3-7(9)4-6-8/h7-46H,6H2,1-5H3;3-20H,1-2H3;3-6H,2,9H2,1H3/b17-15+,18-16+;8-7+;. The van der Waals surface area contributed by atoms with Crippen molar-refractivity contribution in [2.45, 2.75) is 55.4 Å². The van der Waals surface area contributed by atoms with Crippen LogP contribution in [0.15, 0.2) is 344 Å². The second-order valence-electron chi connectivity index (χ2n) is 26.8. The van der Waals surface area contributed by atoms with E-state index >= 15 is 0 Å². The molecule has 0 saturated heterocycles. The predicted octanol–water partition coefficient (Wildman–Crippen LogP) is 28.4. The summed E-state index contributed by atoms with van der Waals surface area (Å²) < 4.78 is 12.1. The molecule has 536 valence electrons. The first-order valence-electron chi connectivity index (χ1n) is 36.8. The van der Waals surface area contributed by atoms with Crippen LogP contribution in [0.25, 0.3) is 36.5 Å². The van der Waals surface area contributed by atoms with Crippen LogP contribution in [-0.4, -0.2) is 13.2 Å². The third-order valence-electron chi connectivity index (χ3n) is 18.4. The van der Waals surface area contributed by atoms with Crippen molar-refractivity contribution in [3.05, 3.63) is 411 Å². The first-order chi connectivity index (χ1) is 52.7. The highest BCUT2D eigenvalue weighted by Crippen LogP contribution is 2.40. The number of anilines is 13. The fourth-order valence-corrected chi connectivity index (χ4v) is 12.6. The van der Waals surface area contributed by atoms with Gasteiger partial charge in [-0.2, -0.15) is 0 Å². The number of rotatable bonds is 22. The minimum absolute atomic E-state index is 0.625. The lowest BCUT2D eigenvalue weighted by Crippen LogP contribution is -2.10. The first-order valence-corrected chi connectivity index (χ1v) is 37.6. The van der Waals surface area contributed by atoms with Crippen LogP contribution < -0.4 is 34.8 Å². The summed E-state index contributed by atoms with van der Waals surface area (Å²) in [6.45, 7) is 18.0. The summed E-state index contributed by atoms with van der Waals surface area (Å²) in [5.74, 6) is 1.73. The van der Waals surface area contributed by atoms with Gasteiger partial charge in [-0.05, 0) is 283 Å². The molecule has 0 radical (unpaired) electrons. The molecule has 14 rings (SSSR count). The van der Waals surface area contributed by atoms with Crippen LogP contribution in [-0.2, 0) is 0 Å². The Hall–Kier alpha value is -12.6. The van der Waals surface area contributed by atoms with Gasteiger partial charge in [0.25, 0.3) is 0 Å². The van der Waals surface area contributed by atoms with Gasteiger partial charge < -0.3 is 34.8 Å². The van der Waals surface area contributed by atoms with Gasteiger partial charge in [-0.25, -0.2) is 0 Å². The SMILES string of the molecule is CCOc1ccc(N(c2ccc(/C=C/c3ccc(N(c4ccc(C)cc4)c4ccc(C)cc4)cc3)cc2)c2ccc(/C=C/c3ccc(N(c4ccc(C)cc4)c4ccc(C)cc4)cc3)cc2)cc1.CCOc1ccc(N)cc1.Cc1ccc(N(c2ccc(C)cc2)c2ccc(/C=C/c3ccc(Br)cc3)cc2)cc1. The lowest BCUT2D eigenvalue weighted by Gasteiger charge is -2.26. The van der Waals surface area contributed by atoms with Gasteiger partial charge in [0.2, 0.25) is 0 Å².